The van der Waals surface area contributed by atoms with Crippen LogP contribution in [0.4, 0.5) is 0 Å². The number of nitrogens with two attached hydrogens (primary N) is 1. The second-order valence-corrected chi connectivity index (χ2v) is 6.83. The van der Waals surface area contributed by atoms with Gasteiger partial charge in [0, 0.05) is 26.0 Å². The first-order valence-electron chi connectivity index (χ1n) is 8.43. The van der Waals surface area contributed by atoms with Crippen LogP contribution in [-0.2, 0) is 20.8 Å². The van der Waals surface area contributed by atoms with E-state index < -0.39 is 5.79 Å². The Morgan fingerprint density at radius 2 is 2.17 bits per heavy atom. The molecule has 1 saturated heterocycles. The van der Waals surface area contributed by atoms with Crippen LogP contribution < -0.4 is 10.5 Å². The van der Waals surface area contributed by atoms with Crippen molar-refractivity contribution >= 4 is 0 Å². The van der Waals surface area contributed by atoms with E-state index in [0.29, 0.717) is 13.2 Å². The maximum atomic E-state index is 6.10. The van der Waals surface area contributed by atoms with Crippen LogP contribution in [0.25, 0.3) is 0 Å². The van der Waals surface area contributed by atoms with Gasteiger partial charge in [0.25, 0.3) is 0 Å². The summed E-state index contributed by atoms with van der Waals surface area (Å²) in [5.41, 5.74) is 8.00. The van der Waals surface area contributed by atoms with Crippen LogP contribution in [0.3, 0.4) is 0 Å². The molecule has 5 nitrogen and oxygen atoms in total. The summed E-state index contributed by atoms with van der Waals surface area (Å²) < 4.78 is 23.5. The molecule has 0 amide bonds. The van der Waals surface area contributed by atoms with Crippen molar-refractivity contribution in [2.45, 2.75) is 70.9 Å². The molecular formula is C18H27NO4. The molecule has 1 fully saturated rings. The number of rotatable bonds is 4. The maximum Gasteiger partial charge on any atom is 0.205 e. The first-order valence-corrected chi connectivity index (χ1v) is 8.43. The molecule has 2 aliphatic heterocycles. The Morgan fingerprint density at radius 3 is 2.91 bits per heavy atom. The quantitative estimate of drug-likeness (QED) is 0.922. The molecule has 2 heterocycles. The minimum Gasteiger partial charge on any atom is -0.463 e. The summed E-state index contributed by atoms with van der Waals surface area (Å²) in [6.07, 6.45) is 3.05. The summed E-state index contributed by atoms with van der Waals surface area (Å²) in [5, 5.41) is 0. The normalized spacial score (nSPS) is 27.8. The van der Waals surface area contributed by atoms with Gasteiger partial charge in [-0.15, -0.1) is 0 Å². The van der Waals surface area contributed by atoms with Crippen LogP contribution in [0, 0.1) is 0 Å². The van der Waals surface area contributed by atoms with Gasteiger partial charge in [0.1, 0.15) is 5.75 Å². The highest BCUT2D eigenvalue weighted by atomic mass is 16.7. The van der Waals surface area contributed by atoms with Gasteiger partial charge in [0.05, 0.1) is 18.8 Å². The number of hydrogen-bond acceptors (Lipinski definition) is 5. The number of ether oxygens (including phenoxy) is 4. The van der Waals surface area contributed by atoms with Gasteiger partial charge in [-0.1, -0.05) is 6.07 Å². The summed E-state index contributed by atoms with van der Waals surface area (Å²) in [6, 6.07) is 6.06. The zero-order chi connectivity index (χ0) is 16.4. The molecule has 0 radical (unpaired) electrons. The fourth-order valence-corrected chi connectivity index (χ4v) is 3.08. The molecule has 0 saturated carbocycles. The van der Waals surface area contributed by atoms with E-state index in [1.54, 1.807) is 0 Å². The van der Waals surface area contributed by atoms with Gasteiger partial charge < -0.3 is 24.7 Å². The van der Waals surface area contributed by atoms with E-state index in [0.717, 1.165) is 36.1 Å². The van der Waals surface area contributed by atoms with Crippen molar-refractivity contribution in [1.82, 2.24) is 0 Å². The van der Waals surface area contributed by atoms with Crippen molar-refractivity contribution in [1.29, 1.82) is 0 Å². The molecule has 0 aliphatic carbocycles. The minimum absolute atomic E-state index is 0.172. The first-order chi connectivity index (χ1) is 11.0. The van der Waals surface area contributed by atoms with Crippen LogP contribution >= 0.6 is 0 Å². The Hall–Kier alpha value is -1.14. The molecule has 0 spiro atoms. The van der Waals surface area contributed by atoms with Gasteiger partial charge in [-0.25, -0.2) is 0 Å². The van der Waals surface area contributed by atoms with E-state index in [1.807, 2.05) is 26.0 Å². The SMILES string of the molecule is C[C@H]1CCC[C@@H](O[C@@H](CN)c2ccc3c(c2)COC(C)(C)O3)O1. The first kappa shape index (κ1) is 16.7. The second-order valence-electron chi connectivity index (χ2n) is 6.83. The Morgan fingerprint density at radius 1 is 1.35 bits per heavy atom. The van der Waals surface area contributed by atoms with Gasteiger partial charge in [-0.2, -0.15) is 0 Å². The van der Waals surface area contributed by atoms with Crippen molar-refractivity contribution in [2.75, 3.05) is 6.54 Å². The van der Waals surface area contributed by atoms with Crippen molar-refractivity contribution in [3.8, 4) is 5.75 Å². The molecule has 0 bridgehead atoms. The monoisotopic (exact) mass is 321 g/mol. The Labute approximate surface area is 138 Å². The predicted octanol–water partition coefficient (Wildman–Crippen LogP) is 3.26. The molecular weight excluding hydrogens is 294 g/mol. The third-order valence-electron chi connectivity index (χ3n) is 4.35. The van der Waals surface area contributed by atoms with Crippen LogP contribution in [0.15, 0.2) is 18.2 Å². The highest BCUT2D eigenvalue weighted by molar-refractivity contribution is 5.39. The average molecular weight is 321 g/mol. The van der Waals surface area contributed by atoms with Crippen LogP contribution in [0.5, 0.6) is 5.75 Å². The van der Waals surface area contributed by atoms with Crippen molar-refractivity contribution < 1.29 is 18.9 Å². The van der Waals surface area contributed by atoms with Crippen molar-refractivity contribution in [3.05, 3.63) is 29.3 Å². The predicted molar refractivity (Wildman–Crippen MR) is 87.0 cm³/mol. The van der Waals surface area contributed by atoms with E-state index in [4.69, 9.17) is 24.7 Å². The van der Waals surface area contributed by atoms with E-state index >= 15 is 0 Å². The number of benzene rings is 1. The lowest BCUT2D eigenvalue weighted by Gasteiger charge is -2.34. The van der Waals surface area contributed by atoms with E-state index in [-0.39, 0.29) is 18.5 Å². The Balaban J connectivity index is 1.72. The molecule has 3 atom stereocenters. The van der Waals surface area contributed by atoms with Gasteiger partial charge >= 0.3 is 0 Å². The van der Waals surface area contributed by atoms with Crippen LogP contribution in [0.2, 0.25) is 0 Å². The van der Waals surface area contributed by atoms with Gasteiger partial charge in [-0.3, -0.25) is 0 Å². The molecule has 128 valence electrons. The van der Waals surface area contributed by atoms with Crippen molar-refractivity contribution in [3.63, 3.8) is 0 Å². The smallest absolute Gasteiger partial charge is 0.205 e. The average Bonchev–Trinajstić information content (AvgIpc) is 2.51. The van der Waals surface area contributed by atoms with Crippen LogP contribution in [-0.4, -0.2) is 24.7 Å². The minimum atomic E-state index is -0.579. The fourth-order valence-electron chi connectivity index (χ4n) is 3.08. The third-order valence-corrected chi connectivity index (χ3v) is 4.35. The maximum absolute atomic E-state index is 6.10. The zero-order valence-corrected chi connectivity index (χ0v) is 14.2. The molecule has 1 aromatic rings. The summed E-state index contributed by atoms with van der Waals surface area (Å²) in [5.74, 6) is 0.285. The Bertz CT molecular complexity index is 546. The summed E-state index contributed by atoms with van der Waals surface area (Å²) in [6.45, 7) is 6.86. The highest BCUT2D eigenvalue weighted by Gasteiger charge is 2.29. The third kappa shape index (κ3) is 4.04. The van der Waals surface area contributed by atoms with E-state index in [9.17, 15) is 0 Å². The van der Waals surface area contributed by atoms with Crippen molar-refractivity contribution in [2.24, 2.45) is 5.73 Å². The number of hydrogen-bond donors (Lipinski definition) is 1. The van der Waals surface area contributed by atoms with Gasteiger partial charge in [0.15, 0.2) is 6.29 Å². The van der Waals surface area contributed by atoms with E-state index in [2.05, 4.69) is 13.0 Å². The van der Waals surface area contributed by atoms with Gasteiger partial charge in [0.2, 0.25) is 5.79 Å². The molecule has 5 heteroatoms. The van der Waals surface area contributed by atoms with E-state index in [1.165, 1.54) is 0 Å². The number of fused-ring (bicyclic) bond motifs is 1. The molecule has 2 N–H and O–H groups in total. The highest BCUT2D eigenvalue weighted by Crippen LogP contribution is 2.34. The molecule has 0 unspecified atom stereocenters. The topological polar surface area (TPSA) is 62.9 Å². The molecule has 0 aromatic heterocycles. The second kappa shape index (κ2) is 6.77. The van der Waals surface area contributed by atoms with Gasteiger partial charge in [-0.05, 0) is 43.9 Å². The summed E-state index contributed by atoms with van der Waals surface area (Å²) in [4.78, 5) is 0. The fraction of sp³-hybridized carbons (Fsp3) is 0.667. The molecule has 2 aliphatic rings. The molecule has 1 aromatic carbocycles. The molecule has 3 rings (SSSR count). The molecule has 23 heavy (non-hydrogen) atoms. The standard InChI is InChI=1S/C18H27NO4/c1-12-5-4-6-17(21-12)22-16(10-19)13-7-8-15-14(9-13)11-20-18(2,3)23-15/h7-9,12,16-17H,4-6,10-11,19H2,1-3H3/t12-,16-,17+/m0/s1. The lowest BCUT2D eigenvalue weighted by molar-refractivity contribution is -0.210. The summed E-state index contributed by atoms with van der Waals surface area (Å²) >= 11 is 0. The largest absolute Gasteiger partial charge is 0.463 e. The lowest BCUT2D eigenvalue weighted by Crippen LogP contribution is -2.35. The summed E-state index contributed by atoms with van der Waals surface area (Å²) in [7, 11) is 0. The Kier molecular flexibility index (Phi) is 4.92. The van der Waals surface area contributed by atoms with Crippen LogP contribution in [0.1, 0.15) is 57.3 Å². The zero-order valence-electron chi connectivity index (χ0n) is 14.2. The lowest BCUT2D eigenvalue weighted by atomic mass is 10.0.